The zero-order valence-electron chi connectivity index (χ0n) is 19.3. The maximum atomic E-state index is 12.9. The molecule has 0 radical (unpaired) electrons. The van der Waals surface area contributed by atoms with Crippen LogP contribution in [-0.4, -0.2) is 46.0 Å². The molecule has 9 nitrogen and oxygen atoms in total. The van der Waals surface area contributed by atoms with Crippen LogP contribution in [-0.2, 0) is 19.1 Å². The van der Waals surface area contributed by atoms with Gasteiger partial charge in [-0.2, -0.15) is 5.10 Å². The first-order valence-electron chi connectivity index (χ1n) is 10.6. The molecule has 2 aromatic carbocycles. The Kier molecular flexibility index (Phi) is 7.01. The van der Waals surface area contributed by atoms with E-state index in [1.165, 1.54) is 0 Å². The molecule has 1 atom stereocenters. The van der Waals surface area contributed by atoms with Gasteiger partial charge in [0.1, 0.15) is 5.60 Å². The van der Waals surface area contributed by atoms with Crippen LogP contribution in [0, 0.1) is 6.92 Å². The van der Waals surface area contributed by atoms with E-state index < -0.39 is 29.6 Å². The van der Waals surface area contributed by atoms with Gasteiger partial charge in [0.05, 0.1) is 24.0 Å². The molecular formula is C24H28N4O5. The van der Waals surface area contributed by atoms with E-state index in [1.807, 2.05) is 37.3 Å². The molecule has 9 heteroatoms. The lowest BCUT2D eigenvalue weighted by molar-refractivity contribution is -0.148. The van der Waals surface area contributed by atoms with Crippen LogP contribution in [0.25, 0.3) is 16.6 Å². The lowest BCUT2D eigenvalue weighted by Gasteiger charge is -2.22. The molecule has 3 rings (SSSR count). The van der Waals surface area contributed by atoms with Crippen LogP contribution in [0.2, 0.25) is 0 Å². The van der Waals surface area contributed by atoms with Gasteiger partial charge in [-0.1, -0.05) is 12.1 Å². The Morgan fingerprint density at radius 3 is 2.55 bits per heavy atom. The average Bonchev–Trinajstić information content (AvgIpc) is 3.14. The Balaban J connectivity index is 1.85. The molecule has 1 unspecified atom stereocenters. The third-order valence-corrected chi connectivity index (χ3v) is 4.53. The monoisotopic (exact) mass is 452 g/mol. The zero-order chi connectivity index (χ0) is 24.2. The molecule has 33 heavy (non-hydrogen) atoms. The molecule has 0 aliphatic carbocycles. The van der Waals surface area contributed by atoms with Gasteiger partial charge < -0.3 is 14.8 Å². The summed E-state index contributed by atoms with van der Waals surface area (Å²) in [7, 11) is 0. The Bertz CT molecular complexity index is 1180. The van der Waals surface area contributed by atoms with Gasteiger partial charge in [-0.05, 0) is 70.5 Å². The van der Waals surface area contributed by atoms with Crippen LogP contribution < -0.4 is 10.6 Å². The number of hydrogen-bond donors (Lipinski definition) is 2. The van der Waals surface area contributed by atoms with Gasteiger partial charge in [-0.25, -0.2) is 14.3 Å². The second-order valence-corrected chi connectivity index (χ2v) is 8.49. The van der Waals surface area contributed by atoms with E-state index in [2.05, 4.69) is 15.7 Å². The standard InChI is InChI=1S/C24H28N4O5/c1-6-32-22(30)20(27-23(31)33-24(3,4)5)21(29)26-17-11-10-16-14-25-28(19(16)13-17)18-9-7-8-15(2)12-18/h7-14,20H,6H2,1-5H3,(H,26,29)(H,27,31). The highest BCUT2D eigenvalue weighted by molar-refractivity contribution is 6.10. The summed E-state index contributed by atoms with van der Waals surface area (Å²) in [5.74, 6) is -1.63. The largest absolute Gasteiger partial charge is 0.464 e. The molecule has 174 valence electrons. The lowest BCUT2D eigenvalue weighted by atomic mass is 10.2. The van der Waals surface area contributed by atoms with Crippen molar-refractivity contribution in [1.82, 2.24) is 15.1 Å². The van der Waals surface area contributed by atoms with Crippen molar-refractivity contribution in [2.45, 2.75) is 46.3 Å². The number of hydrogen-bond acceptors (Lipinski definition) is 6. The minimum absolute atomic E-state index is 0.0558. The van der Waals surface area contributed by atoms with Crippen molar-refractivity contribution < 1.29 is 23.9 Å². The molecule has 0 fully saturated rings. The van der Waals surface area contributed by atoms with Gasteiger partial charge in [0.15, 0.2) is 0 Å². The number of ether oxygens (including phenoxy) is 2. The van der Waals surface area contributed by atoms with E-state index >= 15 is 0 Å². The van der Waals surface area contributed by atoms with Gasteiger partial charge in [0, 0.05) is 11.1 Å². The van der Waals surface area contributed by atoms with Crippen LogP contribution in [0.4, 0.5) is 10.5 Å². The Morgan fingerprint density at radius 1 is 1.12 bits per heavy atom. The molecule has 0 saturated heterocycles. The molecule has 1 heterocycles. The summed E-state index contributed by atoms with van der Waals surface area (Å²) >= 11 is 0. The SMILES string of the molecule is CCOC(=O)C(NC(=O)OC(C)(C)C)C(=O)Nc1ccc2cnn(-c3cccc(C)c3)c2c1. The number of anilines is 1. The quantitative estimate of drug-likeness (QED) is 0.435. The van der Waals surface area contributed by atoms with Crippen molar-refractivity contribution >= 4 is 34.6 Å². The molecule has 2 amide bonds. The predicted octanol–water partition coefficient (Wildman–Crippen LogP) is 3.73. The first kappa shape index (κ1) is 23.8. The average molecular weight is 453 g/mol. The topological polar surface area (TPSA) is 112 Å². The first-order chi connectivity index (χ1) is 15.6. The third kappa shape index (κ3) is 6.09. The summed E-state index contributed by atoms with van der Waals surface area (Å²) in [5, 5.41) is 10.3. The van der Waals surface area contributed by atoms with Crippen LogP contribution in [0.3, 0.4) is 0 Å². The highest BCUT2D eigenvalue weighted by atomic mass is 16.6. The number of aryl methyl sites for hydroxylation is 1. The Labute approximate surface area is 192 Å². The maximum Gasteiger partial charge on any atom is 0.408 e. The number of nitrogens with one attached hydrogen (secondary N) is 2. The van der Waals surface area contributed by atoms with Gasteiger partial charge in [-0.3, -0.25) is 10.1 Å². The smallest absolute Gasteiger partial charge is 0.408 e. The molecule has 2 N–H and O–H groups in total. The van der Waals surface area contributed by atoms with Crippen LogP contribution in [0.15, 0.2) is 48.7 Å². The summed E-state index contributed by atoms with van der Waals surface area (Å²) in [6.07, 6.45) is 0.832. The molecule has 3 aromatic rings. The fourth-order valence-corrected chi connectivity index (χ4v) is 3.16. The van der Waals surface area contributed by atoms with E-state index in [-0.39, 0.29) is 6.61 Å². The molecular weight excluding hydrogens is 424 g/mol. The van der Waals surface area contributed by atoms with Crippen molar-refractivity contribution in [2.24, 2.45) is 0 Å². The number of aromatic nitrogens is 2. The Morgan fingerprint density at radius 2 is 1.88 bits per heavy atom. The maximum absolute atomic E-state index is 12.9. The van der Waals surface area contributed by atoms with Crippen molar-refractivity contribution in [3.8, 4) is 5.69 Å². The lowest BCUT2D eigenvalue weighted by Crippen LogP contribution is -2.51. The minimum Gasteiger partial charge on any atom is -0.464 e. The fraction of sp³-hybridized carbons (Fsp3) is 0.333. The normalized spacial score (nSPS) is 12.2. The molecule has 0 aliphatic heterocycles. The summed E-state index contributed by atoms with van der Waals surface area (Å²) < 4.78 is 11.9. The number of carbonyl (C=O) groups is 3. The number of fused-ring (bicyclic) bond motifs is 1. The first-order valence-corrected chi connectivity index (χ1v) is 10.6. The summed E-state index contributed by atoms with van der Waals surface area (Å²) in [6, 6.07) is 11.5. The van der Waals surface area contributed by atoms with Crippen LogP contribution in [0.5, 0.6) is 0 Å². The number of nitrogens with zero attached hydrogens (tertiary/aromatic N) is 2. The zero-order valence-corrected chi connectivity index (χ0v) is 19.3. The second-order valence-electron chi connectivity index (χ2n) is 8.49. The molecule has 0 aliphatic rings. The number of rotatable bonds is 6. The Hall–Kier alpha value is -3.88. The predicted molar refractivity (Wildman–Crippen MR) is 124 cm³/mol. The van der Waals surface area contributed by atoms with E-state index in [1.54, 1.807) is 50.7 Å². The van der Waals surface area contributed by atoms with Crippen molar-refractivity contribution in [1.29, 1.82) is 0 Å². The molecule has 0 bridgehead atoms. The van der Waals surface area contributed by atoms with E-state index in [0.717, 1.165) is 22.2 Å². The van der Waals surface area contributed by atoms with Crippen molar-refractivity contribution in [3.05, 3.63) is 54.2 Å². The van der Waals surface area contributed by atoms with Crippen molar-refractivity contribution in [2.75, 3.05) is 11.9 Å². The number of carbonyl (C=O) groups excluding carboxylic acids is 3. The third-order valence-electron chi connectivity index (χ3n) is 4.53. The van der Waals surface area contributed by atoms with Gasteiger partial charge in [-0.15, -0.1) is 0 Å². The summed E-state index contributed by atoms with van der Waals surface area (Å²) in [5.41, 5.74) is 2.38. The van der Waals surface area contributed by atoms with Gasteiger partial charge >= 0.3 is 12.1 Å². The number of amides is 2. The fourth-order valence-electron chi connectivity index (χ4n) is 3.16. The highest BCUT2D eigenvalue weighted by Gasteiger charge is 2.32. The van der Waals surface area contributed by atoms with Gasteiger partial charge in [0.25, 0.3) is 5.91 Å². The number of esters is 1. The van der Waals surface area contributed by atoms with Gasteiger partial charge in [0.2, 0.25) is 6.04 Å². The van der Waals surface area contributed by atoms with Crippen molar-refractivity contribution in [3.63, 3.8) is 0 Å². The number of alkyl carbamates (subject to hydrolysis) is 1. The second kappa shape index (κ2) is 9.72. The molecule has 0 saturated carbocycles. The van der Waals surface area contributed by atoms with E-state index in [0.29, 0.717) is 5.69 Å². The van der Waals surface area contributed by atoms with Crippen LogP contribution >= 0.6 is 0 Å². The minimum atomic E-state index is -1.57. The summed E-state index contributed by atoms with van der Waals surface area (Å²) in [4.78, 5) is 37.4. The highest BCUT2D eigenvalue weighted by Crippen LogP contribution is 2.23. The van der Waals surface area contributed by atoms with Crippen LogP contribution in [0.1, 0.15) is 33.3 Å². The molecule has 1 aromatic heterocycles. The molecule has 0 spiro atoms. The summed E-state index contributed by atoms with van der Waals surface area (Å²) in [6.45, 7) is 8.70. The number of benzene rings is 2. The van der Waals surface area contributed by atoms with E-state index in [9.17, 15) is 14.4 Å². The van der Waals surface area contributed by atoms with E-state index in [4.69, 9.17) is 9.47 Å².